The molecule has 4 rings (SSSR count). The molecule has 1 aromatic heterocycles. The Bertz CT molecular complexity index is 1240. The molecule has 0 spiro atoms. The van der Waals surface area contributed by atoms with E-state index in [1.165, 1.54) is 19.2 Å². The number of benzene rings is 2. The molecule has 1 aliphatic rings. The number of halogens is 2. The largest absolute Gasteiger partial charge is 0.467 e. The average Bonchev–Trinajstić information content (AvgIpc) is 3.29. The zero-order valence-electron chi connectivity index (χ0n) is 22.6. The molecule has 10 heteroatoms. The minimum Gasteiger partial charge on any atom is -0.467 e. The van der Waals surface area contributed by atoms with Crippen molar-refractivity contribution >= 4 is 36.5 Å². The molecule has 7 nitrogen and oxygen atoms in total. The lowest BCUT2D eigenvalue weighted by Crippen LogP contribution is -2.43. The van der Waals surface area contributed by atoms with E-state index in [0.717, 1.165) is 42.9 Å². The van der Waals surface area contributed by atoms with Crippen LogP contribution in [-0.2, 0) is 31.2 Å². The number of esters is 1. The molecule has 3 aromatic rings. The Morgan fingerprint density at radius 2 is 1.92 bits per heavy atom. The lowest BCUT2D eigenvalue weighted by Gasteiger charge is -2.38. The number of piperidine rings is 1. The highest BCUT2D eigenvalue weighted by Crippen LogP contribution is 2.37. The van der Waals surface area contributed by atoms with Gasteiger partial charge in [-0.2, -0.15) is 24.7 Å². The second kappa shape index (κ2) is 12.3. The van der Waals surface area contributed by atoms with Crippen molar-refractivity contribution in [3.8, 4) is 0 Å². The summed E-state index contributed by atoms with van der Waals surface area (Å²) in [5.41, 5.74) is 1.77. The second-order valence-electron chi connectivity index (χ2n) is 11.2. The van der Waals surface area contributed by atoms with E-state index in [9.17, 15) is 9.18 Å². The fraction of sp³-hybridized carbons (Fsp3) is 0.500. The number of carbonyl (C=O) groups is 1. The Kier molecular flexibility index (Phi) is 9.26. The first-order chi connectivity index (χ1) is 18.1. The van der Waals surface area contributed by atoms with Crippen LogP contribution < -0.4 is 5.32 Å². The molecule has 1 atom stereocenters. The van der Waals surface area contributed by atoms with E-state index in [4.69, 9.17) is 30.9 Å². The van der Waals surface area contributed by atoms with Crippen LogP contribution in [0.1, 0.15) is 30.1 Å². The average molecular weight is 562 g/mol. The maximum absolute atomic E-state index is 13.7. The van der Waals surface area contributed by atoms with E-state index in [-0.39, 0.29) is 17.8 Å². The number of hydrogen-bond acceptors (Lipinski definition) is 6. The van der Waals surface area contributed by atoms with Crippen molar-refractivity contribution in [2.45, 2.75) is 56.8 Å². The van der Waals surface area contributed by atoms with Crippen LogP contribution in [0.5, 0.6) is 0 Å². The van der Waals surface area contributed by atoms with Crippen LogP contribution in [0.3, 0.4) is 0 Å². The van der Waals surface area contributed by atoms with Crippen molar-refractivity contribution in [3.05, 3.63) is 64.6 Å². The van der Waals surface area contributed by atoms with Crippen LogP contribution in [0.25, 0.3) is 10.9 Å². The Morgan fingerprint density at radius 1 is 1.21 bits per heavy atom. The number of nitrogens with zero attached hydrogens (tertiary/aromatic N) is 2. The van der Waals surface area contributed by atoms with Crippen LogP contribution in [0.4, 0.5) is 4.39 Å². The molecule has 2 aromatic carbocycles. The van der Waals surface area contributed by atoms with Gasteiger partial charge in [0.1, 0.15) is 12.5 Å². The van der Waals surface area contributed by atoms with Gasteiger partial charge in [0.2, 0.25) is 0 Å². The molecular weight excluding hydrogens is 525 g/mol. The Balaban J connectivity index is 1.60. The number of carbonyl (C=O) groups excluding carboxylic acids is 1. The van der Waals surface area contributed by atoms with E-state index in [1.807, 2.05) is 12.3 Å². The topological polar surface area (TPSA) is 74.6 Å². The van der Waals surface area contributed by atoms with Crippen molar-refractivity contribution in [2.24, 2.45) is 0 Å². The minimum absolute atomic E-state index is 0.259. The van der Waals surface area contributed by atoms with E-state index < -0.39 is 20.1 Å². The molecule has 0 aliphatic carbocycles. The van der Waals surface area contributed by atoms with Crippen molar-refractivity contribution in [1.29, 1.82) is 0 Å². The molecule has 1 aliphatic heterocycles. The third-order valence-corrected chi connectivity index (χ3v) is 9.03. The van der Waals surface area contributed by atoms with E-state index in [0.29, 0.717) is 29.4 Å². The van der Waals surface area contributed by atoms with Gasteiger partial charge in [0, 0.05) is 34.2 Å². The van der Waals surface area contributed by atoms with Crippen molar-refractivity contribution in [1.82, 2.24) is 15.1 Å². The smallest absolute Gasteiger partial charge is 0.339 e. The molecule has 2 heterocycles. The summed E-state index contributed by atoms with van der Waals surface area (Å²) in [6.07, 6.45) is 2.42. The zero-order valence-corrected chi connectivity index (χ0v) is 24.3. The molecule has 207 valence electrons. The van der Waals surface area contributed by atoms with Gasteiger partial charge in [-0.25, -0.2) is 13.9 Å². The van der Waals surface area contributed by atoms with Gasteiger partial charge >= 0.3 is 5.97 Å². The van der Waals surface area contributed by atoms with Crippen LogP contribution in [0.15, 0.2) is 42.6 Å². The maximum Gasteiger partial charge on any atom is 0.339 e. The highest BCUT2D eigenvalue weighted by atomic mass is 35.5. The molecule has 0 saturated carbocycles. The summed E-state index contributed by atoms with van der Waals surface area (Å²) in [6, 6.07) is 11.1. The summed E-state index contributed by atoms with van der Waals surface area (Å²) in [7, 11) is 0.144. The number of rotatable bonds is 11. The quantitative estimate of drug-likeness (QED) is 0.184. The summed E-state index contributed by atoms with van der Waals surface area (Å²) in [5, 5.41) is 9.34. The summed E-state index contributed by atoms with van der Waals surface area (Å²) in [4.78, 5) is 13.0. The van der Waals surface area contributed by atoms with Gasteiger partial charge in [-0.15, -0.1) is 14.1 Å². The van der Waals surface area contributed by atoms with Gasteiger partial charge in [0.25, 0.3) is 0 Å². The first-order valence-corrected chi connectivity index (χ1v) is 17.1. The minimum atomic E-state index is -1.20. The van der Waals surface area contributed by atoms with Gasteiger partial charge < -0.3 is 19.5 Å². The number of ether oxygens (including phenoxy) is 3. The fourth-order valence-electron chi connectivity index (χ4n) is 4.84. The molecule has 0 amide bonds. The highest BCUT2D eigenvalue weighted by molar-refractivity contribution is 6.76. The molecule has 1 saturated heterocycles. The summed E-state index contributed by atoms with van der Waals surface area (Å²) < 4.78 is 32.8. The maximum atomic E-state index is 13.7. The second-order valence-corrected chi connectivity index (χ2v) is 17.3. The Morgan fingerprint density at radius 3 is 2.58 bits per heavy atom. The molecule has 38 heavy (non-hydrogen) atoms. The van der Waals surface area contributed by atoms with Crippen molar-refractivity contribution in [3.63, 3.8) is 0 Å². The molecule has 1 unspecified atom stereocenters. The Hall–Kier alpha value is -2.30. The SMILES string of the molecule is COC(=O)C(OCC1(c2ccc(F)cc2)CCNCC1)c1cc(Cl)cc2cn(COCC[Si-](C)(C)C)nc12. The predicted octanol–water partition coefficient (Wildman–Crippen LogP) is 5.69. The van der Waals surface area contributed by atoms with Gasteiger partial charge in [0.05, 0.1) is 19.2 Å². The normalized spacial score (nSPS) is 16.5. The number of nitrogens with one attached hydrogen (secondary N) is 1. The number of hydrogen-bond donors (Lipinski definition) is 1. The number of aromatic nitrogens is 2. The standard InChI is InChI=1S/C28H37ClFN3O4Si/c1-35-27(34)26(37-18-28(9-11-31-12-10-28)21-5-7-23(30)8-6-21)24-16-22(29)15-20-17-33(32-25(20)24)19-36-13-14-38(2,3)4/h5-8,15-17,26,31H,9-14,18-19H2,1-4H3/q-1. The Labute approximate surface area is 229 Å². The summed E-state index contributed by atoms with van der Waals surface area (Å²) in [6.45, 7) is 9.76. The lowest BCUT2D eigenvalue weighted by molar-refractivity contribution is -0.156. The molecule has 0 radical (unpaired) electrons. The fourth-order valence-corrected chi connectivity index (χ4v) is 5.83. The first kappa shape index (κ1) is 28.7. The number of fused-ring (bicyclic) bond motifs is 1. The van der Waals surface area contributed by atoms with Gasteiger partial charge in [-0.05, 0) is 55.8 Å². The van der Waals surface area contributed by atoms with Crippen molar-refractivity contribution < 1.29 is 23.4 Å². The van der Waals surface area contributed by atoms with E-state index >= 15 is 0 Å². The monoisotopic (exact) mass is 561 g/mol. The van der Waals surface area contributed by atoms with Crippen LogP contribution >= 0.6 is 11.6 Å². The first-order valence-electron chi connectivity index (χ1n) is 13.0. The third kappa shape index (κ3) is 7.01. The van der Waals surface area contributed by atoms with Crippen LogP contribution in [0.2, 0.25) is 30.7 Å². The third-order valence-electron chi connectivity index (χ3n) is 7.11. The highest BCUT2D eigenvalue weighted by Gasteiger charge is 2.37. The summed E-state index contributed by atoms with van der Waals surface area (Å²) >= 11 is 6.47. The molecular formula is C28H37ClFN3O4Si-. The van der Waals surface area contributed by atoms with E-state index in [1.54, 1.807) is 22.9 Å². The van der Waals surface area contributed by atoms with Gasteiger partial charge in [0.15, 0.2) is 6.10 Å². The van der Waals surface area contributed by atoms with Gasteiger partial charge in [-0.1, -0.05) is 23.7 Å². The van der Waals surface area contributed by atoms with Crippen LogP contribution in [0, 0.1) is 5.82 Å². The lowest BCUT2D eigenvalue weighted by atomic mass is 9.74. The summed E-state index contributed by atoms with van der Waals surface area (Å²) in [5.74, 6) is -0.815. The van der Waals surface area contributed by atoms with Crippen LogP contribution in [-0.4, -0.2) is 57.2 Å². The molecule has 0 bridgehead atoms. The van der Waals surface area contributed by atoms with Crippen molar-refractivity contribution in [2.75, 3.05) is 33.4 Å². The molecule has 1 fully saturated rings. The number of methoxy groups -OCH3 is 1. The predicted molar refractivity (Wildman–Crippen MR) is 150 cm³/mol. The molecule has 1 N–H and O–H groups in total. The zero-order chi connectivity index (χ0) is 27.3. The van der Waals surface area contributed by atoms with Gasteiger partial charge in [-0.3, -0.25) is 0 Å². The van der Waals surface area contributed by atoms with E-state index in [2.05, 4.69) is 25.0 Å².